The predicted octanol–water partition coefficient (Wildman–Crippen LogP) is 5.63. The monoisotopic (exact) mass is 406 g/mol. The maximum Gasteiger partial charge on any atom is 0.116 e. The molecule has 0 amide bonds. The Morgan fingerprint density at radius 2 is 1.97 bits per heavy atom. The van der Waals surface area contributed by atoms with Crippen LogP contribution in [0.3, 0.4) is 0 Å². The molecule has 0 bridgehead atoms. The normalized spacial score (nSPS) is 25.8. The Bertz CT molecular complexity index is 981. The molecule has 0 spiro atoms. The SMILES string of the molecule is CC12CCN(CC3=CC=CCC3)C1N(Cc1ccc(Cl)cc1)c1ccc(O)cc12. The number of phenols is 1. The topological polar surface area (TPSA) is 26.7 Å². The van der Waals surface area contributed by atoms with Crippen LogP contribution in [0, 0.1) is 0 Å². The number of allylic oxidation sites excluding steroid dienone is 3. The first-order chi connectivity index (χ1) is 14.0. The summed E-state index contributed by atoms with van der Waals surface area (Å²) in [5, 5.41) is 11.0. The number of fused-ring (bicyclic) bond motifs is 3. The molecule has 1 aliphatic carbocycles. The van der Waals surface area contributed by atoms with Gasteiger partial charge in [-0.05, 0) is 60.7 Å². The van der Waals surface area contributed by atoms with Gasteiger partial charge in [0, 0.05) is 35.8 Å². The number of hydrogen-bond acceptors (Lipinski definition) is 3. The van der Waals surface area contributed by atoms with E-state index in [1.165, 1.54) is 22.4 Å². The molecule has 29 heavy (non-hydrogen) atoms. The van der Waals surface area contributed by atoms with Gasteiger partial charge in [0.25, 0.3) is 0 Å². The molecule has 1 saturated heterocycles. The molecule has 4 heteroatoms. The van der Waals surface area contributed by atoms with Gasteiger partial charge in [-0.2, -0.15) is 0 Å². The maximum absolute atomic E-state index is 10.2. The highest BCUT2D eigenvalue weighted by molar-refractivity contribution is 6.30. The summed E-state index contributed by atoms with van der Waals surface area (Å²) in [7, 11) is 0. The molecule has 3 nitrogen and oxygen atoms in total. The number of benzene rings is 2. The Hall–Kier alpha value is -2.23. The zero-order valence-electron chi connectivity index (χ0n) is 16.8. The summed E-state index contributed by atoms with van der Waals surface area (Å²) in [5.41, 5.74) is 5.31. The first kappa shape index (κ1) is 18.8. The Kier molecular flexibility index (Phi) is 4.68. The number of halogens is 1. The van der Waals surface area contributed by atoms with E-state index in [4.69, 9.17) is 11.6 Å². The zero-order valence-corrected chi connectivity index (χ0v) is 17.6. The summed E-state index contributed by atoms with van der Waals surface area (Å²) >= 11 is 6.11. The molecule has 0 saturated carbocycles. The standard InChI is InChI=1S/C25H27ClN2O/c1-25-13-14-27(16-18-5-3-2-4-6-18)24(25)28(17-19-7-9-20(26)10-8-19)23-12-11-21(29)15-22(23)25/h2-3,5,7-12,15,24,29H,4,6,13-14,16-17H2,1H3. The number of aromatic hydroxyl groups is 1. The van der Waals surface area contributed by atoms with Crippen molar-refractivity contribution >= 4 is 17.3 Å². The largest absolute Gasteiger partial charge is 0.508 e. The average molecular weight is 407 g/mol. The van der Waals surface area contributed by atoms with Crippen LogP contribution in [0.15, 0.2) is 66.3 Å². The van der Waals surface area contributed by atoms with Crippen LogP contribution in [0.1, 0.15) is 37.3 Å². The molecule has 0 radical (unpaired) electrons. The van der Waals surface area contributed by atoms with Crippen molar-refractivity contribution in [3.05, 3.63) is 82.4 Å². The quantitative estimate of drug-likeness (QED) is 0.712. The molecule has 5 rings (SSSR count). The van der Waals surface area contributed by atoms with E-state index >= 15 is 0 Å². The van der Waals surface area contributed by atoms with Gasteiger partial charge in [0.2, 0.25) is 0 Å². The molecule has 2 unspecified atom stereocenters. The lowest BCUT2D eigenvalue weighted by molar-refractivity contribution is 0.230. The number of likely N-dealkylation sites (tertiary alicyclic amines) is 1. The van der Waals surface area contributed by atoms with Gasteiger partial charge in [-0.25, -0.2) is 0 Å². The fourth-order valence-electron chi connectivity index (χ4n) is 5.38. The smallest absolute Gasteiger partial charge is 0.116 e. The molecule has 2 aromatic carbocycles. The third-order valence-electron chi connectivity index (χ3n) is 6.81. The molecule has 2 heterocycles. The van der Waals surface area contributed by atoms with Gasteiger partial charge < -0.3 is 10.0 Å². The highest BCUT2D eigenvalue weighted by Gasteiger charge is 2.54. The van der Waals surface area contributed by atoms with Crippen LogP contribution in [-0.4, -0.2) is 29.3 Å². The number of phenolic OH excluding ortho intramolecular Hbond substituents is 1. The van der Waals surface area contributed by atoms with E-state index in [0.29, 0.717) is 11.9 Å². The van der Waals surface area contributed by atoms with Crippen molar-refractivity contribution in [2.75, 3.05) is 18.0 Å². The molecule has 3 aliphatic rings. The third-order valence-corrected chi connectivity index (χ3v) is 7.06. The fraction of sp³-hybridized carbons (Fsp3) is 0.360. The second-order valence-corrected chi connectivity index (χ2v) is 9.20. The van der Waals surface area contributed by atoms with Crippen LogP contribution in [0.2, 0.25) is 5.02 Å². The van der Waals surface area contributed by atoms with Crippen molar-refractivity contribution in [2.45, 2.75) is 44.3 Å². The Labute approximate surface area is 177 Å². The van der Waals surface area contributed by atoms with Gasteiger partial charge in [0.1, 0.15) is 5.75 Å². The summed E-state index contributed by atoms with van der Waals surface area (Å²) in [6.45, 7) is 5.30. The molecule has 2 atom stereocenters. The fourth-order valence-corrected chi connectivity index (χ4v) is 5.50. The Balaban J connectivity index is 1.52. The first-order valence-corrected chi connectivity index (χ1v) is 10.9. The molecule has 2 aliphatic heterocycles. The minimum atomic E-state index is 0.0194. The average Bonchev–Trinajstić information content (AvgIpc) is 3.17. The van der Waals surface area contributed by atoms with Gasteiger partial charge in [0.15, 0.2) is 0 Å². The maximum atomic E-state index is 10.2. The van der Waals surface area contributed by atoms with Crippen LogP contribution in [-0.2, 0) is 12.0 Å². The minimum Gasteiger partial charge on any atom is -0.508 e. The van der Waals surface area contributed by atoms with Crippen molar-refractivity contribution in [3.8, 4) is 5.75 Å². The van der Waals surface area contributed by atoms with Crippen molar-refractivity contribution in [1.82, 2.24) is 4.90 Å². The van der Waals surface area contributed by atoms with Crippen molar-refractivity contribution < 1.29 is 5.11 Å². The van der Waals surface area contributed by atoms with E-state index in [-0.39, 0.29) is 5.41 Å². The lowest BCUT2D eigenvalue weighted by atomic mass is 9.81. The lowest BCUT2D eigenvalue weighted by Gasteiger charge is -2.37. The molecule has 0 aromatic heterocycles. The van der Waals surface area contributed by atoms with Gasteiger partial charge in [-0.3, -0.25) is 4.90 Å². The second-order valence-electron chi connectivity index (χ2n) is 8.76. The van der Waals surface area contributed by atoms with Gasteiger partial charge in [-0.1, -0.05) is 54.5 Å². The predicted molar refractivity (Wildman–Crippen MR) is 120 cm³/mol. The van der Waals surface area contributed by atoms with Gasteiger partial charge >= 0.3 is 0 Å². The van der Waals surface area contributed by atoms with Crippen LogP contribution in [0.5, 0.6) is 5.75 Å². The van der Waals surface area contributed by atoms with Crippen LogP contribution < -0.4 is 4.90 Å². The van der Waals surface area contributed by atoms with Crippen molar-refractivity contribution in [1.29, 1.82) is 0 Å². The highest BCUT2D eigenvalue weighted by Crippen LogP contribution is 2.53. The van der Waals surface area contributed by atoms with Crippen molar-refractivity contribution in [2.24, 2.45) is 0 Å². The van der Waals surface area contributed by atoms with E-state index in [2.05, 4.69) is 53.2 Å². The molecule has 2 aromatic rings. The van der Waals surface area contributed by atoms with Crippen molar-refractivity contribution in [3.63, 3.8) is 0 Å². The second kappa shape index (κ2) is 7.23. The van der Waals surface area contributed by atoms with Crippen LogP contribution in [0.25, 0.3) is 0 Å². The molecular formula is C25H27ClN2O. The summed E-state index contributed by atoms with van der Waals surface area (Å²) in [5.74, 6) is 0.357. The van der Waals surface area contributed by atoms with Crippen LogP contribution in [0.4, 0.5) is 5.69 Å². The highest BCUT2D eigenvalue weighted by atomic mass is 35.5. The number of rotatable bonds is 4. The number of anilines is 1. The Morgan fingerprint density at radius 1 is 1.14 bits per heavy atom. The lowest BCUT2D eigenvalue weighted by Crippen LogP contribution is -2.49. The summed E-state index contributed by atoms with van der Waals surface area (Å²) < 4.78 is 0. The molecular weight excluding hydrogens is 380 g/mol. The summed E-state index contributed by atoms with van der Waals surface area (Å²) in [6.07, 6.45) is 10.4. The number of hydrogen-bond donors (Lipinski definition) is 1. The van der Waals surface area contributed by atoms with Crippen LogP contribution >= 0.6 is 11.6 Å². The van der Waals surface area contributed by atoms with Gasteiger partial charge in [0.05, 0.1) is 6.17 Å². The van der Waals surface area contributed by atoms with Gasteiger partial charge in [-0.15, -0.1) is 0 Å². The van der Waals surface area contributed by atoms with E-state index in [0.717, 1.165) is 43.9 Å². The summed E-state index contributed by atoms with van der Waals surface area (Å²) in [6, 6.07) is 14.1. The number of nitrogens with zero attached hydrogens (tertiary/aromatic N) is 2. The third kappa shape index (κ3) is 3.27. The van der Waals surface area contributed by atoms with E-state index in [1.807, 2.05) is 24.3 Å². The molecule has 1 N–H and O–H groups in total. The van der Waals surface area contributed by atoms with E-state index in [1.54, 1.807) is 0 Å². The van der Waals surface area contributed by atoms with E-state index in [9.17, 15) is 5.11 Å². The minimum absolute atomic E-state index is 0.0194. The Morgan fingerprint density at radius 3 is 2.72 bits per heavy atom. The summed E-state index contributed by atoms with van der Waals surface area (Å²) in [4.78, 5) is 5.17. The molecule has 1 fully saturated rings. The molecule has 150 valence electrons. The zero-order chi connectivity index (χ0) is 20.0. The van der Waals surface area contributed by atoms with E-state index < -0.39 is 0 Å². The first-order valence-electron chi connectivity index (χ1n) is 10.5.